The second-order valence-corrected chi connectivity index (χ2v) is 5.50. The monoisotopic (exact) mass is 258 g/mol. The van der Waals surface area contributed by atoms with E-state index in [2.05, 4.69) is 31.0 Å². The van der Waals surface area contributed by atoms with Crippen LogP contribution >= 0.6 is 0 Å². The van der Waals surface area contributed by atoms with Gasteiger partial charge in [-0.1, -0.05) is 6.92 Å². The molecule has 1 fully saturated rings. The van der Waals surface area contributed by atoms with Crippen molar-refractivity contribution in [3.05, 3.63) is 0 Å². The molecule has 0 saturated carbocycles. The minimum Gasteiger partial charge on any atom is -0.395 e. The Morgan fingerprint density at radius 3 is 2.83 bits per heavy atom. The van der Waals surface area contributed by atoms with Gasteiger partial charge in [-0.3, -0.25) is 4.90 Å². The number of nitrogens with zero attached hydrogens (tertiary/aromatic N) is 1. The largest absolute Gasteiger partial charge is 0.395 e. The Kier molecular flexibility index (Phi) is 7.82. The lowest BCUT2D eigenvalue weighted by Crippen LogP contribution is -2.49. The quantitative estimate of drug-likeness (QED) is 0.684. The van der Waals surface area contributed by atoms with Crippen LogP contribution in [0.1, 0.15) is 33.6 Å². The fraction of sp³-hybridized carbons (Fsp3) is 1.00. The van der Waals surface area contributed by atoms with Crippen molar-refractivity contribution >= 4 is 0 Å². The molecule has 2 N–H and O–H groups in total. The number of aliphatic hydroxyl groups excluding tert-OH is 1. The molecule has 1 saturated heterocycles. The molecule has 0 radical (unpaired) electrons. The van der Waals surface area contributed by atoms with E-state index in [-0.39, 0.29) is 6.61 Å². The summed E-state index contributed by atoms with van der Waals surface area (Å²) in [5, 5.41) is 12.8. The molecular weight excluding hydrogens is 228 g/mol. The smallest absolute Gasteiger partial charge is 0.0558 e. The lowest BCUT2D eigenvalue weighted by Gasteiger charge is -2.37. The summed E-state index contributed by atoms with van der Waals surface area (Å²) in [5.74, 6) is 0.541. The first kappa shape index (κ1) is 15.9. The molecule has 1 aliphatic heterocycles. The van der Waals surface area contributed by atoms with E-state index in [9.17, 15) is 0 Å². The summed E-state index contributed by atoms with van der Waals surface area (Å²) in [6.07, 6.45) is 2.28. The van der Waals surface area contributed by atoms with Crippen molar-refractivity contribution < 1.29 is 9.84 Å². The van der Waals surface area contributed by atoms with Crippen molar-refractivity contribution in [2.45, 2.75) is 45.7 Å². The normalized spacial score (nSPS) is 25.0. The Hall–Kier alpha value is -0.160. The Balaban J connectivity index is 2.48. The SMILES string of the molecule is CCCNC1CCOCC1CN(CCO)C(C)C. The van der Waals surface area contributed by atoms with Gasteiger partial charge in [-0.2, -0.15) is 0 Å². The number of ether oxygens (including phenoxy) is 1. The molecule has 0 bridgehead atoms. The lowest BCUT2D eigenvalue weighted by molar-refractivity contribution is 0.00962. The zero-order chi connectivity index (χ0) is 13.4. The zero-order valence-corrected chi connectivity index (χ0v) is 12.2. The molecule has 108 valence electrons. The predicted molar refractivity (Wildman–Crippen MR) is 74.8 cm³/mol. The van der Waals surface area contributed by atoms with E-state index in [1.807, 2.05) is 0 Å². The molecule has 1 heterocycles. The van der Waals surface area contributed by atoms with Gasteiger partial charge in [0.05, 0.1) is 13.2 Å². The van der Waals surface area contributed by atoms with E-state index in [0.717, 1.165) is 39.3 Å². The number of hydrogen-bond donors (Lipinski definition) is 2. The van der Waals surface area contributed by atoms with Crippen molar-refractivity contribution in [2.75, 3.05) is 39.5 Å². The fourth-order valence-corrected chi connectivity index (χ4v) is 2.57. The molecule has 2 unspecified atom stereocenters. The third-order valence-corrected chi connectivity index (χ3v) is 3.72. The third-order valence-electron chi connectivity index (χ3n) is 3.72. The van der Waals surface area contributed by atoms with Crippen molar-refractivity contribution in [1.29, 1.82) is 0 Å². The number of nitrogens with one attached hydrogen (secondary N) is 1. The average Bonchev–Trinajstić information content (AvgIpc) is 2.37. The van der Waals surface area contributed by atoms with Gasteiger partial charge in [0.1, 0.15) is 0 Å². The van der Waals surface area contributed by atoms with E-state index in [0.29, 0.717) is 18.0 Å². The van der Waals surface area contributed by atoms with Crippen molar-refractivity contribution in [3.63, 3.8) is 0 Å². The van der Waals surface area contributed by atoms with Gasteiger partial charge in [-0.25, -0.2) is 0 Å². The number of rotatable bonds is 8. The van der Waals surface area contributed by atoms with Crippen LogP contribution in [0.2, 0.25) is 0 Å². The summed E-state index contributed by atoms with van der Waals surface area (Å²) in [6, 6.07) is 1.05. The highest BCUT2D eigenvalue weighted by Gasteiger charge is 2.27. The molecular formula is C14H30N2O2. The summed E-state index contributed by atoms with van der Waals surface area (Å²) < 4.78 is 5.62. The fourth-order valence-electron chi connectivity index (χ4n) is 2.57. The summed E-state index contributed by atoms with van der Waals surface area (Å²) in [5.41, 5.74) is 0. The van der Waals surface area contributed by atoms with Gasteiger partial charge in [-0.15, -0.1) is 0 Å². The lowest BCUT2D eigenvalue weighted by atomic mass is 9.94. The zero-order valence-electron chi connectivity index (χ0n) is 12.2. The molecule has 1 rings (SSSR count). The first-order valence-corrected chi connectivity index (χ1v) is 7.35. The van der Waals surface area contributed by atoms with Crippen LogP contribution in [0.5, 0.6) is 0 Å². The molecule has 4 nitrogen and oxygen atoms in total. The Bertz CT molecular complexity index is 212. The molecule has 18 heavy (non-hydrogen) atoms. The Labute approximate surface area is 112 Å². The van der Waals surface area contributed by atoms with E-state index < -0.39 is 0 Å². The maximum Gasteiger partial charge on any atom is 0.0558 e. The molecule has 0 spiro atoms. The van der Waals surface area contributed by atoms with Gasteiger partial charge < -0.3 is 15.2 Å². The molecule has 0 amide bonds. The van der Waals surface area contributed by atoms with Gasteiger partial charge in [0.25, 0.3) is 0 Å². The molecule has 1 aliphatic rings. The van der Waals surface area contributed by atoms with Gasteiger partial charge in [0.15, 0.2) is 0 Å². The average molecular weight is 258 g/mol. The highest BCUT2D eigenvalue weighted by Crippen LogP contribution is 2.17. The van der Waals surface area contributed by atoms with Crippen LogP contribution in [0.15, 0.2) is 0 Å². The first-order chi connectivity index (χ1) is 8.69. The standard InChI is InChI=1S/C14H30N2O2/c1-4-6-15-14-5-9-18-11-13(14)10-16(7-8-17)12(2)3/h12-15,17H,4-11H2,1-3H3. The summed E-state index contributed by atoms with van der Waals surface area (Å²) in [4.78, 5) is 2.35. The van der Waals surface area contributed by atoms with E-state index in [1.54, 1.807) is 0 Å². The summed E-state index contributed by atoms with van der Waals surface area (Å²) >= 11 is 0. The van der Waals surface area contributed by atoms with E-state index in [4.69, 9.17) is 9.84 Å². The topological polar surface area (TPSA) is 44.7 Å². The van der Waals surface area contributed by atoms with Crippen LogP contribution in [-0.4, -0.2) is 61.5 Å². The van der Waals surface area contributed by atoms with Crippen molar-refractivity contribution in [1.82, 2.24) is 10.2 Å². The number of hydrogen-bond acceptors (Lipinski definition) is 4. The maximum absolute atomic E-state index is 9.13. The number of aliphatic hydroxyl groups is 1. The Morgan fingerprint density at radius 1 is 1.44 bits per heavy atom. The van der Waals surface area contributed by atoms with Crippen molar-refractivity contribution in [2.24, 2.45) is 5.92 Å². The predicted octanol–water partition coefficient (Wildman–Crippen LogP) is 1.09. The molecule has 2 atom stereocenters. The highest BCUT2D eigenvalue weighted by atomic mass is 16.5. The minimum absolute atomic E-state index is 0.235. The van der Waals surface area contributed by atoms with Crippen LogP contribution in [-0.2, 0) is 4.74 Å². The van der Waals surface area contributed by atoms with E-state index in [1.165, 1.54) is 6.42 Å². The molecule has 0 aromatic carbocycles. The summed E-state index contributed by atoms with van der Waals surface area (Å²) in [7, 11) is 0. The maximum atomic E-state index is 9.13. The molecule has 4 heteroatoms. The van der Waals surface area contributed by atoms with Gasteiger partial charge >= 0.3 is 0 Å². The van der Waals surface area contributed by atoms with Crippen LogP contribution in [0.25, 0.3) is 0 Å². The first-order valence-electron chi connectivity index (χ1n) is 7.35. The van der Waals surface area contributed by atoms with Gasteiger partial charge in [0.2, 0.25) is 0 Å². The molecule has 0 aromatic heterocycles. The minimum atomic E-state index is 0.235. The second kappa shape index (κ2) is 8.86. The molecule has 0 aliphatic carbocycles. The second-order valence-electron chi connectivity index (χ2n) is 5.50. The summed E-state index contributed by atoms with van der Waals surface area (Å²) in [6.45, 7) is 11.4. The highest BCUT2D eigenvalue weighted by molar-refractivity contribution is 4.82. The van der Waals surface area contributed by atoms with Crippen LogP contribution in [0.3, 0.4) is 0 Å². The van der Waals surface area contributed by atoms with Gasteiger partial charge in [0, 0.05) is 37.7 Å². The van der Waals surface area contributed by atoms with Crippen LogP contribution < -0.4 is 5.32 Å². The third kappa shape index (κ3) is 5.22. The Morgan fingerprint density at radius 2 is 2.22 bits per heavy atom. The van der Waals surface area contributed by atoms with Crippen molar-refractivity contribution in [3.8, 4) is 0 Å². The van der Waals surface area contributed by atoms with Crippen LogP contribution in [0.4, 0.5) is 0 Å². The van der Waals surface area contributed by atoms with Crippen LogP contribution in [0, 0.1) is 5.92 Å². The van der Waals surface area contributed by atoms with E-state index >= 15 is 0 Å². The molecule has 0 aromatic rings. The van der Waals surface area contributed by atoms with Gasteiger partial charge in [-0.05, 0) is 33.2 Å².